The summed E-state index contributed by atoms with van der Waals surface area (Å²) >= 11 is 0. The minimum atomic E-state index is -0.347. The van der Waals surface area contributed by atoms with E-state index in [1.165, 1.54) is 6.08 Å². The Morgan fingerprint density at radius 1 is 1.04 bits per heavy atom. The van der Waals surface area contributed by atoms with Gasteiger partial charge in [-0.25, -0.2) is 9.78 Å². The number of nitrogens with one attached hydrogen (secondary N) is 2. The molecule has 1 aromatic heterocycles. The number of para-hydroxylation sites is 1. The number of aromatic nitrogens is 2. The van der Waals surface area contributed by atoms with Crippen molar-refractivity contribution in [1.82, 2.24) is 9.97 Å². The fourth-order valence-corrected chi connectivity index (χ4v) is 2.44. The van der Waals surface area contributed by atoms with Crippen LogP contribution in [0.4, 0.5) is 23.1 Å². The number of benzene rings is 2. The van der Waals surface area contributed by atoms with Crippen molar-refractivity contribution in [3.8, 4) is 0 Å². The number of esters is 1. The molecular formula is C22H22N4O2. The van der Waals surface area contributed by atoms with Gasteiger partial charge >= 0.3 is 5.97 Å². The van der Waals surface area contributed by atoms with Gasteiger partial charge in [-0.05, 0) is 43.7 Å². The smallest absolute Gasteiger partial charge is 0.330 e. The minimum absolute atomic E-state index is 0.237. The van der Waals surface area contributed by atoms with Gasteiger partial charge in [-0.15, -0.1) is 0 Å². The van der Waals surface area contributed by atoms with Crippen LogP contribution in [0.3, 0.4) is 0 Å². The van der Waals surface area contributed by atoms with Gasteiger partial charge in [0.05, 0.1) is 0 Å². The number of rotatable bonds is 7. The molecule has 28 heavy (non-hydrogen) atoms. The van der Waals surface area contributed by atoms with E-state index in [-0.39, 0.29) is 12.6 Å². The highest BCUT2D eigenvalue weighted by atomic mass is 16.5. The Morgan fingerprint density at radius 2 is 1.75 bits per heavy atom. The molecule has 2 N–H and O–H groups in total. The molecule has 142 valence electrons. The zero-order chi connectivity index (χ0) is 19.8. The van der Waals surface area contributed by atoms with Crippen LogP contribution in [0.15, 0.2) is 72.9 Å². The summed E-state index contributed by atoms with van der Waals surface area (Å²) in [4.78, 5) is 20.3. The van der Waals surface area contributed by atoms with Gasteiger partial charge < -0.3 is 15.4 Å². The molecule has 3 aromatic rings. The standard InChI is InChI=1S/C22H22N4O2/c1-3-7-20(27)28-15-17-10-12-19(13-11-17)24-21-16(2)14-23-22(26-21)25-18-8-5-4-6-9-18/h3-14H,15H2,1-2H3,(H2,23,24,25,26). The van der Waals surface area contributed by atoms with E-state index in [1.807, 2.05) is 61.5 Å². The molecule has 0 aliphatic rings. The number of carbonyl (C=O) groups excluding carboxylic acids is 1. The summed E-state index contributed by atoms with van der Waals surface area (Å²) in [6.45, 7) is 3.96. The maximum Gasteiger partial charge on any atom is 0.330 e. The molecule has 0 saturated heterocycles. The van der Waals surface area contributed by atoms with E-state index in [9.17, 15) is 4.79 Å². The molecular weight excluding hydrogens is 352 g/mol. The van der Waals surface area contributed by atoms with E-state index >= 15 is 0 Å². The minimum Gasteiger partial charge on any atom is -0.458 e. The van der Waals surface area contributed by atoms with Crippen LogP contribution in [0.1, 0.15) is 18.1 Å². The molecule has 0 amide bonds. The van der Waals surface area contributed by atoms with Crippen LogP contribution in [0, 0.1) is 6.92 Å². The largest absolute Gasteiger partial charge is 0.458 e. The highest BCUT2D eigenvalue weighted by molar-refractivity contribution is 5.81. The van der Waals surface area contributed by atoms with E-state index < -0.39 is 0 Å². The lowest BCUT2D eigenvalue weighted by Gasteiger charge is -2.11. The number of carbonyl (C=O) groups is 1. The van der Waals surface area contributed by atoms with Crippen molar-refractivity contribution in [2.45, 2.75) is 20.5 Å². The summed E-state index contributed by atoms with van der Waals surface area (Å²) in [5.74, 6) is 0.896. The SMILES string of the molecule is CC=CC(=O)OCc1ccc(Nc2nc(Nc3ccccc3)ncc2C)cc1. The maximum atomic E-state index is 11.4. The second kappa shape index (κ2) is 9.32. The van der Waals surface area contributed by atoms with E-state index in [4.69, 9.17) is 4.74 Å². The van der Waals surface area contributed by atoms with E-state index in [1.54, 1.807) is 19.2 Å². The second-order valence-corrected chi connectivity index (χ2v) is 6.15. The van der Waals surface area contributed by atoms with Gasteiger partial charge in [0.1, 0.15) is 12.4 Å². The lowest BCUT2D eigenvalue weighted by Crippen LogP contribution is -2.03. The second-order valence-electron chi connectivity index (χ2n) is 6.15. The Labute approximate surface area is 164 Å². The molecule has 3 rings (SSSR count). The molecule has 2 aromatic carbocycles. The van der Waals surface area contributed by atoms with Crippen molar-refractivity contribution in [2.75, 3.05) is 10.6 Å². The van der Waals surface area contributed by atoms with E-state index in [0.717, 1.165) is 28.3 Å². The first-order chi connectivity index (χ1) is 13.6. The summed E-state index contributed by atoms with van der Waals surface area (Å²) < 4.78 is 5.14. The van der Waals surface area contributed by atoms with Gasteiger partial charge in [0.25, 0.3) is 0 Å². The van der Waals surface area contributed by atoms with Crippen LogP contribution >= 0.6 is 0 Å². The molecule has 6 nitrogen and oxygen atoms in total. The van der Waals surface area contributed by atoms with Crippen LogP contribution in [0.2, 0.25) is 0 Å². The monoisotopic (exact) mass is 374 g/mol. The summed E-state index contributed by atoms with van der Waals surface area (Å²) in [6, 6.07) is 17.4. The van der Waals surface area contributed by atoms with Crippen molar-refractivity contribution >= 4 is 29.1 Å². The molecule has 0 aliphatic carbocycles. The summed E-state index contributed by atoms with van der Waals surface area (Å²) in [7, 11) is 0. The molecule has 0 unspecified atom stereocenters. The fourth-order valence-electron chi connectivity index (χ4n) is 2.44. The number of ether oxygens (including phenoxy) is 1. The third-order valence-electron chi connectivity index (χ3n) is 3.90. The van der Waals surface area contributed by atoms with Crippen LogP contribution in [0.25, 0.3) is 0 Å². The topological polar surface area (TPSA) is 76.1 Å². The van der Waals surface area contributed by atoms with Gasteiger partial charge in [0.2, 0.25) is 5.95 Å². The van der Waals surface area contributed by atoms with E-state index in [0.29, 0.717) is 5.95 Å². The molecule has 0 saturated carbocycles. The van der Waals surface area contributed by atoms with Crippen molar-refractivity contribution < 1.29 is 9.53 Å². The summed E-state index contributed by atoms with van der Waals surface area (Å²) in [6.07, 6.45) is 4.82. The average molecular weight is 374 g/mol. The Hall–Kier alpha value is -3.67. The van der Waals surface area contributed by atoms with Crippen LogP contribution in [0.5, 0.6) is 0 Å². The van der Waals surface area contributed by atoms with Crippen molar-refractivity contribution in [2.24, 2.45) is 0 Å². The predicted octanol–water partition coefficient (Wildman–Crippen LogP) is 4.89. The van der Waals surface area contributed by atoms with Crippen molar-refractivity contribution in [3.05, 3.63) is 84.1 Å². The van der Waals surface area contributed by atoms with Crippen molar-refractivity contribution in [1.29, 1.82) is 0 Å². The quantitative estimate of drug-likeness (QED) is 0.453. The number of nitrogens with zero attached hydrogens (tertiary/aromatic N) is 2. The lowest BCUT2D eigenvalue weighted by molar-refractivity contribution is -0.139. The van der Waals surface area contributed by atoms with Crippen LogP contribution in [-0.2, 0) is 16.1 Å². The molecule has 6 heteroatoms. The third kappa shape index (κ3) is 5.41. The fraction of sp³-hybridized carbons (Fsp3) is 0.136. The molecule has 0 bridgehead atoms. The zero-order valence-electron chi connectivity index (χ0n) is 15.8. The molecule has 0 atom stereocenters. The maximum absolute atomic E-state index is 11.4. The number of allylic oxidation sites excluding steroid dienone is 1. The Morgan fingerprint density at radius 3 is 2.46 bits per heavy atom. The summed E-state index contributed by atoms with van der Waals surface area (Å²) in [5.41, 5.74) is 3.65. The lowest BCUT2D eigenvalue weighted by atomic mass is 10.2. The number of aryl methyl sites for hydroxylation is 1. The first kappa shape index (κ1) is 19.1. The summed E-state index contributed by atoms with van der Waals surface area (Å²) in [5, 5.41) is 6.49. The van der Waals surface area contributed by atoms with Crippen LogP contribution < -0.4 is 10.6 Å². The molecule has 1 heterocycles. The first-order valence-electron chi connectivity index (χ1n) is 8.95. The first-order valence-corrected chi connectivity index (χ1v) is 8.95. The zero-order valence-corrected chi connectivity index (χ0v) is 15.8. The Balaban J connectivity index is 1.66. The normalized spacial score (nSPS) is 10.6. The van der Waals surface area contributed by atoms with Gasteiger partial charge in [0, 0.05) is 29.2 Å². The molecule has 0 radical (unpaired) electrons. The number of hydrogen-bond acceptors (Lipinski definition) is 6. The van der Waals surface area contributed by atoms with Gasteiger partial charge in [0.15, 0.2) is 0 Å². The van der Waals surface area contributed by atoms with Gasteiger partial charge in [-0.1, -0.05) is 36.4 Å². The third-order valence-corrected chi connectivity index (χ3v) is 3.90. The Bertz CT molecular complexity index is 954. The van der Waals surface area contributed by atoms with Crippen molar-refractivity contribution in [3.63, 3.8) is 0 Å². The molecule has 0 fully saturated rings. The number of hydrogen-bond donors (Lipinski definition) is 2. The van der Waals surface area contributed by atoms with Gasteiger partial charge in [-0.3, -0.25) is 0 Å². The highest BCUT2D eigenvalue weighted by Crippen LogP contribution is 2.21. The van der Waals surface area contributed by atoms with Gasteiger partial charge in [-0.2, -0.15) is 4.98 Å². The Kier molecular flexibility index (Phi) is 6.36. The highest BCUT2D eigenvalue weighted by Gasteiger charge is 2.06. The van der Waals surface area contributed by atoms with Crippen LogP contribution in [-0.4, -0.2) is 15.9 Å². The average Bonchev–Trinajstić information content (AvgIpc) is 2.71. The predicted molar refractivity (Wildman–Crippen MR) is 111 cm³/mol. The van der Waals surface area contributed by atoms with E-state index in [2.05, 4.69) is 20.6 Å². The molecule has 0 aliphatic heterocycles. The molecule has 0 spiro atoms. The number of anilines is 4.